The van der Waals surface area contributed by atoms with Crippen molar-refractivity contribution >= 4 is 5.78 Å². The average Bonchev–Trinajstić information content (AvgIpc) is 2.78. The van der Waals surface area contributed by atoms with E-state index in [-0.39, 0.29) is 11.7 Å². The molecule has 19 heavy (non-hydrogen) atoms. The molecule has 100 valence electrons. The van der Waals surface area contributed by atoms with Gasteiger partial charge in [-0.05, 0) is 26.3 Å². The molecule has 2 aromatic rings. The number of aryl methyl sites for hydroxylation is 2. The smallest absolute Gasteiger partial charge is 0.166 e. The Morgan fingerprint density at radius 2 is 2.00 bits per heavy atom. The monoisotopic (exact) mass is 256 g/mol. The minimum Gasteiger partial charge on any atom is -0.294 e. The second-order valence-electron chi connectivity index (χ2n) is 4.93. The minimum absolute atomic E-state index is 0.0243. The van der Waals surface area contributed by atoms with Gasteiger partial charge in [0, 0.05) is 23.7 Å². The van der Waals surface area contributed by atoms with Crippen molar-refractivity contribution in [3.05, 3.63) is 53.3 Å². The number of Topliss-reactive ketones (excluding diaryl/α,β-unsaturated/α-hetero) is 1. The zero-order valence-corrected chi connectivity index (χ0v) is 11.8. The fourth-order valence-electron chi connectivity index (χ4n) is 2.33. The number of benzene rings is 1. The summed E-state index contributed by atoms with van der Waals surface area (Å²) in [5.74, 6) is 0.172. The largest absolute Gasteiger partial charge is 0.294 e. The first-order valence-corrected chi connectivity index (χ1v) is 6.74. The maximum atomic E-state index is 12.3. The molecule has 0 fully saturated rings. The van der Waals surface area contributed by atoms with Gasteiger partial charge in [0.1, 0.15) is 0 Å². The topological polar surface area (TPSA) is 34.9 Å². The van der Waals surface area contributed by atoms with Crippen LogP contribution < -0.4 is 0 Å². The molecule has 0 amide bonds. The van der Waals surface area contributed by atoms with Crippen molar-refractivity contribution in [1.29, 1.82) is 0 Å². The normalized spacial score (nSPS) is 12.4. The van der Waals surface area contributed by atoms with Crippen molar-refractivity contribution in [2.24, 2.45) is 5.92 Å². The average molecular weight is 256 g/mol. The molecule has 2 rings (SSSR count). The quantitative estimate of drug-likeness (QED) is 0.769. The van der Waals surface area contributed by atoms with Crippen molar-refractivity contribution in [2.75, 3.05) is 0 Å². The highest BCUT2D eigenvalue weighted by Gasteiger charge is 2.17. The van der Waals surface area contributed by atoms with E-state index in [1.807, 2.05) is 48.9 Å². The summed E-state index contributed by atoms with van der Waals surface area (Å²) in [5, 5.41) is 4.42. The Bertz CT molecular complexity index is 557. The predicted molar refractivity (Wildman–Crippen MR) is 76.3 cm³/mol. The predicted octanol–water partition coefficient (Wildman–Crippen LogP) is 3.27. The maximum Gasteiger partial charge on any atom is 0.166 e. The van der Waals surface area contributed by atoms with E-state index in [1.165, 1.54) is 0 Å². The molecule has 3 nitrogen and oxygen atoms in total. The lowest BCUT2D eigenvalue weighted by Crippen LogP contribution is -2.16. The van der Waals surface area contributed by atoms with Crippen LogP contribution in [0.3, 0.4) is 0 Å². The fraction of sp³-hybridized carbons (Fsp3) is 0.375. The van der Waals surface area contributed by atoms with E-state index in [2.05, 4.69) is 18.1 Å². The first-order chi connectivity index (χ1) is 9.11. The summed E-state index contributed by atoms with van der Waals surface area (Å²) >= 11 is 0. The minimum atomic E-state index is -0.0243. The molecule has 0 N–H and O–H groups in total. The van der Waals surface area contributed by atoms with Gasteiger partial charge in [-0.25, -0.2) is 0 Å². The third-order valence-corrected chi connectivity index (χ3v) is 3.31. The first-order valence-electron chi connectivity index (χ1n) is 6.74. The Kier molecular flexibility index (Phi) is 4.15. The SMILES string of the molecule is CCn1nc(C)cc1CC(C)C(=O)c1ccccc1. The van der Waals surface area contributed by atoms with Gasteiger partial charge in [0.2, 0.25) is 0 Å². The van der Waals surface area contributed by atoms with Crippen molar-refractivity contribution < 1.29 is 4.79 Å². The Morgan fingerprint density at radius 1 is 1.32 bits per heavy atom. The van der Waals surface area contributed by atoms with Crippen molar-refractivity contribution in [3.63, 3.8) is 0 Å². The van der Waals surface area contributed by atoms with Crippen molar-refractivity contribution in [1.82, 2.24) is 9.78 Å². The number of nitrogens with zero attached hydrogens (tertiary/aromatic N) is 2. The Labute approximate surface area is 114 Å². The van der Waals surface area contributed by atoms with Gasteiger partial charge in [-0.15, -0.1) is 0 Å². The van der Waals surface area contributed by atoms with E-state index in [0.717, 1.165) is 29.9 Å². The molecular formula is C16H20N2O. The highest BCUT2D eigenvalue weighted by molar-refractivity contribution is 5.97. The van der Waals surface area contributed by atoms with Crippen molar-refractivity contribution in [2.45, 2.75) is 33.7 Å². The van der Waals surface area contributed by atoms with E-state index in [0.29, 0.717) is 0 Å². The molecule has 0 spiro atoms. The van der Waals surface area contributed by atoms with Crippen LogP contribution in [0.2, 0.25) is 0 Å². The molecule has 1 unspecified atom stereocenters. The van der Waals surface area contributed by atoms with Crippen molar-refractivity contribution in [3.8, 4) is 0 Å². The summed E-state index contributed by atoms with van der Waals surface area (Å²) in [6.45, 7) is 6.88. The molecule has 0 bridgehead atoms. The molecule has 0 radical (unpaired) electrons. The lowest BCUT2D eigenvalue weighted by Gasteiger charge is -2.11. The Balaban J connectivity index is 2.12. The Hall–Kier alpha value is -1.90. The second kappa shape index (κ2) is 5.83. The van der Waals surface area contributed by atoms with Crippen LogP contribution in [-0.4, -0.2) is 15.6 Å². The third-order valence-electron chi connectivity index (χ3n) is 3.31. The van der Waals surface area contributed by atoms with E-state index in [1.54, 1.807) is 0 Å². The lowest BCUT2D eigenvalue weighted by molar-refractivity contribution is 0.0928. The highest BCUT2D eigenvalue weighted by Crippen LogP contribution is 2.15. The van der Waals surface area contributed by atoms with Crippen LogP contribution in [-0.2, 0) is 13.0 Å². The maximum absolute atomic E-state index is 12.3. The molecule has 1 heterocycles. The van der Waals surface area contributed by atoms with E-state index in [4.69, 9.17) is 0 Å². The van der Waals surface area contributed by atoms with Gasteiger partial charge in [-0.2, -0.15) is 5.10 Å². The van der Waals surface area contributed by atoms with E-state index >= 15 is 0 Å². The molecule has 0 aliphatic carbocycles. The van der Waals surface area contributed by atoms with Crippen LogP contribution in [0.15, 0.2) is 36.4 Å². The number of carbonyl (C=O) groups is 1. The molecular weight excluding hydrogens is 236 g/mol. The van der Waals surface area contributed by atoms with E-state index in [9.17, 15) is 4.79 Å². The summed E-state index contributed by atoms with van der Waals surface area (Å²) in [5.41, 5.74) is 2.93. The number of rotatable bonds is 5. The molecule has 3 heteroatoms. The van der Waals surface area contributed by atoms with Crippen LogP contribution in [0.1, 0.15) is 35.6 Å². The third kappa shape index (κ3) is 3.11. The molecule has 0 aliphatic rings. The molecule has 0 saturated carbocycles. The molecule has 0 aliphatic heterocycles. The van der Waals surface area contributed by atoms with Crippen LogP contribution in [0.25, 0.3) is 0 Å². The van der Waals surface area contributed by atoms with Gasteiger partial charge in [0.25, 0.3) is 0 Å². The van der Waals surface area contributed by atoms with Crippen LogP contribution in [0.5, 0.6) is 0 Å². The van der Waals surface area contributed by atoms with Crippen LogP contribution in [0, 0.1) is 12.8 Å². The number of hydrogen-bond acceptors (Lipinski definition) is 2. The summed E-state index contributed by atoms with van der Waals surface area (Å²) in [6.07, 6.45) is 0.738. The van der Waals surface area contributed by atoms with Gasteiger partial charge >= 0.3 is 0 Å². The van der Waals surface area contributed by atoms with Crippen LogP contribution >= 0.6 is 0 Å². The molecule has 1 aromatic heterocycles. The van der Waals surface area contributed by atoms with E-state index < -0.39 is 0 Å². The number of aromatic nitrogens is 2. The first kappa shape index (κ1) is 13.5. The zero-order chi connectivity index (χ0) is 13.8. The van der Waals surface area contributed by atoms with Gasteiger partial charge < -0.3 is 0 Å². The molecule has 1 atom stereocenters. The molecule has 1 aromatic carbocycles. The lowest BCUT2D eigenvalue weighted by atomic mass is 9.95. The summed E-state index contributed by atoms with van der Waals surface area (Å²) in [4.78, 5) is 12.3. The number of hydrogen-bond donors (Lipinski definition) is 0. The Morgan fingerprint density at radius 3 is 2.63 bits per heavy atom. The van der Waals surface area contributed by atoms with Gasteiger partial charge in [0.15, 0.2) is 5.78 Å². The summed E-state index contributed by atoms with van der Waals surface area (Å²) in [7, 11) is 0. The fourth-order valence-corrected chi connectivity index (χ4v) is 2.33. The standard InChI is InChI=1S/C16H20N2O/c1-4-18-15(11-13(3)17-18)10-12(2)16(19)14-8-6-5-7-9-14/h5-9,11-12H,4,10H2,1-3H3. The molecule has 0 saturated heterocycles. The number of ketones is 1. The summed E-state index contributed by atoms with van der Waals surface area (Å²) < 4.78 is 1.98. The highest BCUT2D eigenvalue weighted by atomic mass is 16.1. The second-order valence-corrected chi connectivity index (χ2v) is 4.93. The van der Waals surface area contributed by atoms with Gasteiger partial charge in [-0.3, -0.25) is 9.48 Å². The van der Waals surface area contributed by atoms with Gasteiger partial charge in [0.05, 0.1) is 5.69 Å². The zero-order valence-electron chi connectivity index (χ0n) is 11.8. The number of carbonyl (C=O) groups excluding carboxylic acids is 1. The van der Waals surface area contributed by atoms with Gasteiger partial charge in [-0.1, -0.05) is 37.3 Å². The van der Waals surface area contributed by atoms with Crippen LogP contribution in [0.4, 0.5) is 0 Å². The summed E-state index contributed by atoms with van der Waals surface area (Å²) in [6, 6.07) is 11.6.